The average molecular weight is 362 g/mol. The minimum Gasteiger partial charge on any atom is -0.465 e. The lowest BCUT2D eigenvalue weighted by molar-refractivity contribution is 0.191. The number of fused-ring (bicyclic) bond motifs is 1. The normalized spacial score (nSPS) is 17.0. The van der Waals surface area contributed by atoms with Gasteiger partial charge >= 0.3 is 6.09 Å². The minimum atomic E-state index is -0.971. The van der Waals surface area contributed by atoms with Gasteiger partial charge in [0.15, 0.2) is 0 Å². The number of amides is 1. The van der Waals surface area contributed by atoms with Crippen molar-refractivity contribution in [2.24, 2.45) is 5.92 Å². The van der Waals surface area contributed by atoms with E-state index in [1.807, 2.05) is 18.2 Å². The Morgan fingerprint density at radius 1 is 1.19 bits per heavy atom. The highest BCUT2D eigenvalue weighted by Gasteiger charge is 2.22. The van der Waals surface area contributed by atoms with Crippen LogP contribution in [0.3, 0.4) is 0 Å². The molecular weight excluding hydrogens is 340 g/mol. The molecule has 4 rings (SSSR count). The van der Waals surface area contributed by atoms with E-state index in [4.69, 9.17) is 10.1 Å². The van der Waals surface area contributed by atoms with E-state index in [0.29, 0.717) is 12.5 Å². The van der Waals surface area contributed by atoms with Gasteiger partial charge in [0.2, 0.25) is 5.95 Å². The first-order valence-corrected chi connectivity index (χ1v) is 9.23. The molecule has 1 aliphatic heterocycles. The highest BCUT2D eigenvalue weighted by molar-refractivity contribution is 5.86. The fourth-order valence-electron chi connectivity index (χ4n) is 3.66. The molecule has 3 aromatic rings. The summed E-state index contributed by atoms with van der Waals surface area (Å²) >= 11 is 0. The first kappa shape index (κ1) is 17.3. The van der Waals surface area contributed by atoms with Crippen molar-refractivity contribution in [2.75, 3.05) is 24.5 Å². The first-order chi connectivity index (χ1) is 13.2. The molecule has 1 fully saturated rings. The molecule has 1 unspecified atom stereocenters. The largest absolute Gasteiger partial charge is 0.465 e. The summed E-state index contributed by atoms with van der Waals surface area (Å²) in [6.45, 7) is 2.13. The Bertz CT molecular complexity index is 960. The Balaban J connectivity index is 1.55. The van der Waals surface area contributed by atoms with Crippen molar-refractivity contribution in [3.63, 3.8) is 0 Å². The molecule has 2 heterocycles. The standard InChI is InChI=1S/C21H22N4O2/c26-21(27)23-13-15-4-3-11-25(14-15)20-22-10-9-19(24-20)18-8-7-16-5-1-2-6-17(16)12-18/h1-2,5-10,12,15,23H,3-4,11,13-14H2,(H,26,27). The molecule has 1 aliphatic rings. The third-order valence-corrected chi connectivity index (χ3v) is 5.03. The minimum absolute atomic E-state index is 0.280. The van der Waals surface area contributed by atoms with Crippen LogP contribution in [0.1, 0.15) is 12.8 Å². The molecule has 0 bridgehead atoms. The maximum Gasteiger partial charge on any atom is 0.404 e. The van der Waals surface area contributed by atoms with Gasteiger partial charge in [0.05, 0.1) is 5.69 Å². The second kappa shape index (κ2) is 7.61. The van der Waals surface area contributed by atoms with Gasteiger partial charge in [0.25, 0.3) is 0 Å². The predicted molar refractivity (Wildman–Crippen MR) is 106 cm³/mol. The summed E-state index contributed by atoms with van der Waals surface area (Å²) in [6.07, 6.45) is 2.85. The summed E-state index contributed by atoms with van der Waals surface area (Å²) in [4.78, 5) is 22.1. The van der Waals surface area contributed by atoms with Crippen molar-refractivity contribution in [1.29, 1.82) is 0 Å². The van der Waals surface area contributed by atoms with Crippen LogP contribution in [0.25, 0.3) is 22.0 Å². The fraction of sp³-hybridized carbons (Fsp3) is 0.286. The third-order valence-electron chi connectivity index (χ3n) is 5.03. The van der Waals surface area contributed by atoms with E-state index < -0.39 is 6.09 Å². The van der Waals surface area contributed by atoms with Gasteiger partial charge in [-0.15, -0.1) is 0 Å². The summed E-state index contributed by atoms with van der Waals surface area (Å²) in [5.74, 6) is 0.989. The molecule has 6 heteroatoms. The molecule has 2 aromatic carbocycles. The van der Waals surface area contributed by atoms with Gasteiger partial charge < -0.3 is 15.3 Å². The fourth-order valence-corrected chi connectivity index (χ4v) is 3.66. The Morgan fingerprint density at radius 2 is 2.04 bits per heavy atom. The van der Waals surface area contributed by atoms with Crippen LogP contribution < -0.4 is 10.2 Å². The molecule has 6 nitrogen and oxygen atoms in total. The molecule has 0 saturated carbocycles. The summed E-state index contributed by atoms with van der Waals surface area (Å²) in [6, 6.07) is 16.6. The quantitative estimate of drug-likeness (QED) is 0.738. The number of rotatable bonds is 4. The van der Waals surface area contributed by atoms with Crippen LogP contribution in [0.4, 0.5) is 10.7 Å². The molecule has 1 aromatic heterocycles. The Morgan fingerprint density at radius 3 is 2.89 bits per heavy atom. The van der Waals surface area contributed by atoms with E-state index in [1.165, 1.54) is 10.8 Å². The lowest BCUT2D eigenvalue weighted by Gasteiger charge is -2.32. The Labute approximate surface area is 157 Å². The predicted octanol–water partition coefficient (Wildman–Crippen LogP) is 3.78. The molecule has 138 valence electrons. The zero-order valence-corrected chi connectivity index (χ0v) is 15.0. The highest BCUT2D eigenvalue weighted by Crippen LogP contribution is 2.25. The second-order valence-electron chi connectivity index (χ2n) is 6.94. The third kappa shape index (κ3) is 4.00. The zero-order valence-electron chi connectivity index (χ0n) is 15.0. The van der Waals surface area contributed by atoms with Gasteiger partial charge in [-0.3, -0.25) is 0 Å². The molecule has 1 atom stereocenters. The van der Waals surface area contributed by atoms with Crippen LogP contribution >= 0.6 is 0 Å². The van der Waals surface area contributed by atoms with E-state index in [9.17, 15) is 4.79 Å². The van der Waals surface area contributed by atoms with Crippen molar-refractivity contribution >= 4 is 22.8 Å². The number of carbonyl (C=O) groups is 1. The molecule has 2 N–H and O–H groups in total. The SMILES string of the molecule is O=C(O)NCC1CCCN(c2nccc(-c3ccc4ccccc4c3)n2)C1. The van der Waals surface area contributed by atoms with Crippen LogP contribution in [0, 0.1) is 5.92 Å². The number of anilines is 1. The molecule has 0 spiro atoms. The van der Waals surface area contributed by atoms with Crippen LogP contribution in [-0.2, 0) is 0 Å². The number of hydrogen-bond donors (Lipinski definition) is 2. The molecule has 1 saturated heterocycles. The van der Waals surface area contributed by atoms with E-state index in [0.717, 1.165) is 37.2 Å². The second-order valence-corrected chi connectivity index (χ2v) is 6.94. The smallest absolute Gasteiger partial charge is 0.404 e. The number of nitrogens with zero attached hydrogens (tertiary/aromatic N) is 3. The zero-order chi connectivity index (χ0) is 18.6. The number of piperidine rings is 1. The number of nitrogens with one attached hydrogen (secondary N) is 1. The van der Waals surface area contributed by atoms with Crippen LogP contribution in [-0.4, -0.2) is 40.8 Å². The number of carboxylic acid groups (broad SMARTS) is 1. The van der Waals surface area contributed by atoms with Gasteiger partial charge in [-0.25, -0.2) is 14.8 Å². The molecule has 1 amide bonds. The van der Waals surface area contributed by atoms with Gasteiger partial charge in [-0.1, -0.05) is 36.4 Å². The molecule has 0 aliphatic carbocycles. The van der Waals surface area contributed by atoms with Gasteiger partial charge in [0.1, 0.15) is 0 Å². The number of aromatic nitrogens is 2. The van der Waals surface area contributed by atoms with Crippen molar-refractivity contribution in [2.45, 2.75) is 12.8 Å². The van der Waals surface area contributed by atoms with Gasteiger partial charge in [0, 0.05) is 31.4 Å². The number of hydrogen-bond acceptors (Lipinski definition) is 4. The first-order valence-electron chi connectivity index (χ1n) is 9.23. The average Bonchev–Trinajstić information content (AvgIpc) is 2.72. The van der Waals surface area contributed by atoms with Crippen LogP contribution in [0.5, 0.6) is 0 Å². The van der Waals surface area contributed by atoms with Crippen molar-refractivity contribution in [1.82, 2.24) is 15.3 Å². The monoisotopic (exact) mass is 362 g/mol. The summed E-state index contributed by atoms with van der Waals surface area (Å²) in [5.41, 5.74) is 1.97. The van der Waals surface area contributed by atoms with Crippen LogP contribution in [0.2, 0.25) is 0 Å². The lowest BCUT2D eigenvalue weighted by Crippen LogP contribution is -2.41. The maximum absolute atomic E-state index is 10.7. The van der Waals surface area contributed by atoms with E-state index in [1.54, 1.807) is 6.20 Å². The maximum atomic E-state index is 10.7. The lowest BCUT2D eigenvalue weighted by atomic mass is 9.98. The highest BCUT2D eigenvalue weighted by atomic mass is 16.4. The number of benzene rings is 2. The molecule has 0 radical (unpaired) electrons. The van der Waals surface area contributed by atoms with Crippen molar-refractivity contribution in [3.8, 4) is 11.3 Å². The van der Waals surface area contributed by atoms with E-state index in [2.05, 4.69) is 45.5 Å². The summed E-state index contributed by atoms with van der Waals surface area (Å²) < 4.78 is 0. The van der Waals surface area contributed by atoms with Crippen LogP contribution in [0.15, 0.2) is 54.7 Å². The summed E-state index contributed by atoms with van der Waals surface area (Å²) in [7, 11) is 0. The molecular formula is C21H22N4O2. The van der Waals surface area contributed by atoms with Gasteiger partial charge in [-0.05, 0) is 41.7 Å². The molecule has 27 heavy (non-hydrogen) atoms. The van der Waals surface area contributed by atoms with Crippen molar-refractivity contribution in [3.05, 3.63) is 54.7 Å². The van der Waals surface area contributed by atoms with E-state index in [-0.39, 0.29) is 5.92 Å². The summed E-state index contributed by atoms with van der Waals surface area (Å²) in [5, 5.41) is 13.7. The Kier molecular flexibility index (Phi) is 4.87. The van der Waals surface area contributed by atoms with Gasteiger partial charge in [-0.2, -0.15) is 0 Å². The topological polar surface area (TPSA) is 78.4 Å². The van der Waals surface area contributed by atoms with Crippen molar-refractivity contribution < 1.29 is 9.90 Å². The van der Waals surface area contributed by atoms with E-state index >= 15 is 0 Å². The Hall–Kier alpha value is -3.15.